The van der Waals surface area contributed by atoms with E-state index in [9.17, 15) is 24.3 Å². The second-order valence-electron chi connectivity index (χ2n) is 4.91. The highest BCUT2D eigenvalue weighted by molar-refractivity contribution is 5.84. The molecule has 0 bridgehead atoms. The van der Waals surface area contributed by atoms with Crippen LogP contribution in [0.5, 0.6) is 0 Å². The van der Waals surface area contributed by atoms with Gasteiger partial charge in [-0.25, -0.2) is 9.59 Å². The Morgan fingerprint density at radius 3 is 2.67 bits per heavy atom. The topological polar surface area (TPSA) is 122 Å². The average Bonchev–Trinajstić information content (AvgIpc) is 2.82. The molecule has 2 N–H and O–H groups in total. The molecule has 1 fully saturated rings. The lowest BCUT2D eigenvalue weighted by Crippen LogP contribution is -2.45. The summed E-state index contributed by atoms with van der Waals surface area (Å²) in [4.78, 5) is 47.3. The van der Waals surface area contributed by atoms with Crippen LogP contribution in [0.2, 0.25) is 0 Å². The maximum Gasteiger partial charge on any atom is 0.331 e. The number of hydrogen-bond acceptors (Lipinski definition) is 5. The number of likely N-dealkylation sites (tertiary alicyclic amines) is 1. The molecule has 0 aromatic carbocycles. The number of carboxylic acid groups (broad SMARTS) is 1. The van der Waals surface area contributed by atoms with E-state index in [0.29, 0.717) is 0 Å². The van der Waals surface area contributed by atoms with E-state index >= 15 is 0 Å². The average molecular weight is 297 g/mol. The quantitative estimate of drug-likeness (QED) is 0.641. The van der Waals surface area contributed by atoms with Crippen LogP contribution < -0.4 is 11.2 Å². The van der Waals surface area contributed by atoms with Crippen molar-refractivity contribution >= 4 is 11.9 Å². The molecule has 21 heavy (non-hydrogen) atoms. The van der Waals surface area contributed by atoms with Crippen molar-refractivity contribution in [3.8, 4) is 0 Å². The van der Waals surface area contributed by atoms with Crippen molar-refractivity contribution in [1.82, 2.24) is 14.0 Å². The highest BCUT2D eigenvalue weighted by Crippen LogP contribution is 2.18. The van der Waals surface area contributed by atoms with E-state index < -0.39 is 35.3 Å². The maximum absolute atomic E-state index is 12.1. The Labute approximate surface area is 118 Å². The van der Waals surface area contributed by atoms with E-state index in [1.54, 1.807) is 0 Å². The van der Waals surface area contributed by atoms with E-state index in [-0.39, 0.29) is 19.5 Å². The highest BCUT2D eigenvalue weighted by atomic mass is 16.4. The van der Waals surface area contributed by atoms with Gasteiger partial charge in [-0.3, -0.25) is 18.7 Å². The van der Waals surface area contributed by atoms with Crippen LogP contribution in [-0.2, 0) is 23.2 Å². The molecule has 0 radical (unpaired) electrons. The lowest BCUT2D eigenvalue weighted by molar-refractivity contribution is -0.148. The number of aliphatic hydroxyl groups excluding tert-OH is 1. The molecule has 9 heteroatoms. The SMILES string of the molecule is Cn1c(=O)ccn(CC(=O)N2CC(O)C[C@H]2C(=O)O)c1=O. The summed E-state index contributed by atoms with van der Waals surface area (Å²) < 4.78 is 1.87. The second kappa shape index (κ2) is 5.52. The van der Waals surface area contributed by atoms with Crippen molar-refractivity contribution in [3.05, 3.63) is 33.1 Å². The van der Waals surface area contributed by atoms with Crippen LogP contribution in [-0.4, -0.2) is 54.8 Å². The van der Waals surface area contributed by atoms with Crippen LogP contribution in [0.3, 0.4) is 0 Å². The largest absolute Gasteiger partial charge is 0.480 e. The van der Waals surface area contributed by atoms with Gasteiger partial charge in [0, 0.05) is 32.3 Å². The number of aliphatic hydroxyl groups is 1. The molecule has 2 heterocycles. The third kappa shape index (κ3) is 2.87. The fraction of sp³-hybridized carbons (Fsp3) is 0.500. The highest BCUT2D eigenvalue weighted by Gasteiger charge is 2.38. The van der Waals surface area contributed by atoms with Crippen LogP contribution in [0.4, 0.5) is 0 Å². The Hall–Kier alpha value is -2.42. The number of aromatic nitrogens is 2. The standard InChI is InChI=1S/C12H15N3O6/c1-13-9(17)2-3-14(12(13)21)6-10(18)15-5-7(16)4-8(15)11(19)20/h2-3,7-8,16H,4-6H2,1H3,(H,19,20)/t7?,8-/m0/s1. The molecule has 2 atom stereocenters. The fourth-order valence-electron chi connectivity index (χ4n) is 2.30. The van der Waals surface area contributed by atoms with Crippen molar-refractivity contribution in [1.29, 1.82) is 0 Å². The zero-order valence-corrected chi connectivity index (χ0v) is 11.3. The molecule has 0 aliphatic carbocycles. The summed E-state index contributed by atoms with van der Waals surface area (Å²) in [6.07, 6.45) is 0.251. The molecule has 1 aliphatic heterocycles. The zero-order valence-electron chi connectivity index (χ0n) is 11.3. The lowest BCUT2D eigenvalue weighted by Gasteiger charge is -2.21. The Bertz CT molecular complexity index is 691. The molecule has 114 valence electrons. The Morgan fingerprint density at radius 2 is 2.05 bits per heavy atom. The normalized spacial score (nSPS) is 21.5. The number of carbonyl (C=O) groups is 2. The molecule has 9 nitrogen and oxygen atoms in total. The van der Waals surface area contributed by atoms with E-state index in [1.165, 1.54) is 13.2 Å². The first-order valence-corrected chi connectivity index (χ1v) is 6.28. The molecule has 1 amide bonds. The van der Waals surface area contributed by atoms with E-state index in [0.717, 1.165) is 20.1 Å². The molecule has 0 spiro atoms. The van der Waals surface area contributed by atoms with Gasteiger partial charge >= 0.3 is 11.7 Å². The van der Waals surface area contributed by atoms with Crippen LogP contribution in [0.15, 0.2) is 21.9 Å². The zero-order chi connectivity index (χ0) is 15.7. The molecule has 1 saturated heterocycles. The molecule has 1 aliphatic rings. The van der Waals surface area contributed by atoms with Crippen LogP contribution >= 0.6 is 0 Å². The summed E-state index contributed by atoms with van der Waals surface area (Å²) in [7, 11) is 1.28. The number of aliphatic carboxylic acids is 1. The van der Waals surface area contributed by atoms with Gasteiger partial charge in [0.05, 0.1) is 6.10 Å². The summed E-state index contributed by atoms with van der Waals surface area (Å²) in [6.45, 7) is -0.472. The van der Waals surface area contributed by atoms with E-state index in [4.69, 9.17) is 5.11 Å². The number of β-amino-alcohol motifs (C(OH)–C–C–N with tert-alkyl or cyclic N) is 1. The van der Waals surface area contributed by atoms with Gasteiger partial charge < -0.3 is 15.1 Å². The van der Waals surface area contributed by atoms with Crippen molar-refractivity contribution in [2.45, 2.75) is 25.1 Å². The maximum atomic E-state index is 12.1. The third-order valence-electron chi connectivity index (χ3n) is 3.45. The number of carbonyl (C=O) groups excluding carboxylic acids is 1. The van der Waals surface area contributed by atoms with Gasteiger partial charge in [-0.05, 0) is 0 Å². The van der Waals surface area contributed by atoms with E-state index in [1.807, 2.05) is 0 Å². The van der Waals surface area contributed by atoms with Gasteiger partial charge in [-0.2, -0.15) is 0 Å². The van der Waals surface area contributed by atoms with Gasteiger partial charge in [0.2, 0.25) is 5.91 Å². The number of nitrogens with zero attached hydrogens (tertiary/aromatic N) is 3. The van der Waals surface area contributed by atoms with Gasteiger partial charge in [0.15, 0.2) is 0 Å². The second-order valence-corrected chi connectivity index (χ2v) is 4.91. The first kappa shape index (κ1) is 15.0. The predicted octanol–water partition coefficient (Wildman–Crippen LogP) is -2.41. The summed E-state index contributed by atoms with van der Waals surface area (Å²) in [5, 5.41) is 18.5. The van der Waals surface area contributed by atoms with Crippen molar-refractivity contribution in [3.63, 3.8) is 0 Å². The van der Waals surface area contributed by atoms with E-state index in [2.05, 4.69) is 0 Å². The molecule has 1 unspecified atom stereocenters. The first-order chi connectivity index (χ1) is 9.81. The van der Waals surface area contributed by atoms with Gasteiger partial charge in [0.1, 0.15) is 12.6 Å². The Morgan fingerprint density at radius 1 is 1.38 bits per heavy atom. The first-order valence-electron chi connectivity index (χ1n) is 6.28. The number of carboxylic acids is 1. The number of amides is 1. The van der Waals surface area contributed by atoms with Gasteiger partial charge in [0.25, 0.3) is 5.56 Å². The van der Waals surface area contributed by atoms with Crippen molar-refractivity contribution < 1.29 is 19.8 Å². The summed E-state index contributed by atoms with van der Waals surface area (Å²) in [5.41, 5.74) is -1.16. The fourth-order valence-corrected chi connectivity index (χ4v) is 2.30. The summed E-state index contributed by atoms with van der Waals surface area (Å²) >= 11 is 0. The van der Waals surface area contributed by atoms with Gasteiger partial charge in [-0.1, -0.05) is 0 Å². The predicted molar refractivity (Wildman–Crippen MR) is 69.7 cm³/mol. The monoisotopic (exact) mass is 297 g/mol. The van der Waals surface area contributed by atoms with Crippen LogP contribution in [0.25, 0.3) is 0 Å². The molecule has 2 rings (SSSR count). The minimum Gasteiger partial charge on any atom is -0.480 e. The molecule has 0 saturated carbocycles. The molecular formula is C12H15N3O6. The third-order valence-corrected chi connectivity index (χ3v) is 3.45. The lowest BCUT2D eigenvalue weighted by atomic mass is 10.2. The molecule has 1 aromatic heterocycles. The minimum absolute atomic E-state index is 0.0384. The van der Waals surface area contributed by atoms with Crippen LogP contribution in [0.1, 0.15) is 6.42 Å². The summed E-state index contributed by atoms with van der Waals surface area (Å²) in [5.74, 6) is -1.80. The Balaban J connectivity index is 2.22. The Kier molecular flexibility index (Phi) is 3.94. The number of hydrogen-bond donors (Lipinski definition) is 2. The molecular weight excluding hydrogens is 282 g/mol. The van der Waals surface area contributed by atoms with Gasteiger partial charge in [-0.15, -0.1) is 0 Å². The van der Waals surface area contributed by atoms with Crippen molar-refractivity contribution in [2.24, 2.45) is 7.05 Å². The minimum atomic E-state index is -1.20. The summed E-state index contributed by atoms with van der Waals surface area (Å²) in [6, 6.07) is 0.0399. The number of rotatable bonds is 3. The van der Waals surface area contributed by atoms with Crippen LogP contribution in [0, 0.1) is 0 Å². The molecule has 1 aromatic rings. The van der Waals surface area contributed by atoms with Crippen molar-refractivity contribution in [2.75, 3.05) is 6.54 Å². The smallest absolute Gasteiger partial charge is 0.331 e.